The molecule has 0 amide bonds. The average Bonchev–Trinajstić information content (AvgIpc) is 1.61. The van der Waals surface area contributed by atoms with Crippen LogP contribution in [0.4, 0.5) is 0 Å². The maximum Gasteiger partial charge on any atom is 0.00859 e. The number of hydrogen-bond acceptors (Lipinski definition) is 0. The van der Waals surface area contributed by atoms with Crippen LogP contribution in [-0.2, 0) is 0 Å². The van der Waals surface area contributed by atoms with Crippen molar-refractivity contribution in [3.8, 4) is 12.3 Å². The maximum absolute atomic E-state index is 4.96. The van der Waals surface area contributed by atoms with Crippen molar-refractivity contribution in [1.29, 1.82) is 0 Å². The van der Waals surface area contributed by atoms with Gasteiger partial charge in [0.25, 0.3) is 0 Å². The molecule has 50 valence electrons. The van der Waals surface area contributed by atoms with Crippen LogP contribution in [0.5, 0.6) is 0 Å². The highest BCUT2D eigenvalue weighted by molar-refractivity contribution is 8.93. The van der Waals surface area contributed by atoms with E-state index in [0.717, 1.165) is 6.42 Å². The van der Waals surface area contributed by atoms with Crippen LogP contribution in [-0.4, -0.2) is 0 Å². The number of unbranched alkanes of at least 4 members (excludes halogenated alkanes) is 2. The molecule has 0 atom stereocenters. The highest BCUT2D eigenvalue weighted by atomic mass is 79.9. The molecule has 0 aliphatic rings. The number of halogens is 2. The van der Waals surface area contributed by atoms with Gasteiger partial charge in [0, 0.05) is 6.42 Å². The first-order valence-electron chi connectivity index (χ1n) is 2.35. The van der Waals surface area contributed by atoms with Crippen LogP contribution in [0, 0.1) is 12.3 Å². The molecule has 0 nitrogen and oxygen atoms in total. The Morgan fingerprint density at radius 3 is 2.12 bits per heavy atom. The van der Waals surface area contributed by atoms with Crippen LogP contribution in [0.1, 0.15) is 26.2 Å². The van der Waals surface area contributed by atoms with E-state index >= 15 is 0 Å². The third-order valence-corrected chi connectivity index (χ3v) is 0.675. The zero-order valence-electron chi connectivity index (χ0n) is 5.02. The normalized spacial score (nSPS) is 5.50. The van der Waals surface area contributed by atoms with E-state index in [4.69, 9.17) is 6.42 Å². The van der Waals surface area contributed by atoms with Gasteiger partial charge < -0.3 is 0 Å². The molecule has 2 heteroatoms. The molecule has 0 saturated carbocycles. The molecule has 0 aliphatic heterocycles. The smallest absolute Gasteiger partial charge is 0.00859 e. The average molecular weight is 200 g/mol. The van der Waals surface area contributed by atoms with Gasteiger partial charge in [-0.3, -0.25) is 0 Å². The van der Waals surface area contributed by atoms with Gasteiger partial charge in [-0.15, -0.1) is 41.7 Å². The summed E-state index contributed by atoms with van der Waals surface area (Å²) in [6.45, 7) is 2.14. The molecular weight excluding hydrogens is 187 g/mol. The van der Waals surface area contributed by atoms with Crippen LogP contribution < -0.4 is 0 Å². The monoisotopic (exact) mass is 198 g/mol. The Kier molecular flexibility index (Phi) is 30.8. The number of terminal acetylenes is 1. The van der Waals surface area contributed by atoms with Gasteiger partial charge in [0.05, 0.1) is 0 Å². The molecule has 0 aliphatic carbocycles. The molecule has 0 fully saturated rings. The molecular formula is C6H12BrCl. The van der Waals surface area contributed by atoms with E-state index in [9.17, 15) is 0 Å². The van der Waals surface area contributed by atoms with Crippen LogP contribution >= 0.6 is 29.4 Å². The van der Waals surface area contributed by atoms with Crippen molar-refractivity contribution in [3.05, 3.63) is 0 Å². The molecule has 0 heterocycles. The van der Waals surface area contributed by atoms with Crippen molar-refractivity contribution < 1.29 is 0 Å². The first-order valence-corrected chi connectivity index (χ1v) is 2.35. The second kappa shape index (κ2) is 15.7. The number of rotatable bonds is 2. The lowest BCUT2D eigenvalue weighted by atomic mass is 10.3. The standard InChI is InChI=1S/C6H10.BrH.ClH/c1-3-5-6-4-2;;/h1H,4-6H2,2H3;2*1H. The molecule has 0 aromatic rings. The first-order chi connectivity index (χ1) is 2.91. The van der Waals surface area contributed by atoms with E-state index in [-0.39, 0.29) is 29.4 Å². The van der Waals surface area contributed by atoms with Crippen LogP contribution in [0.3, 0.4) is 0 Å². The summed E-state index contributed by atoms with van der Waals surface area (Å²) in [5.74, 6) is 2.57. The number of hydrogen-bond donors (Lipinski definition) is 0. The van der Waals surface area contributed by atoms with Crippen LogP contribution in [0.2, 0.25) is 0 Å². The minimum Gasteiger partial charge on any atom is -0.147 e. The van der Waals surface area contributed by atoms with E-state index < -0.39 is 0 Å². The van der Waals surface area contributed by atoms with Crippen molar-refractivity contribution in [3.63, 3.8) is 0 Å². The summed E-state index contributed by atoms with van der Waals surface area (Å²) >= 11 is 0. The Bertz CT molecular complexity index is 56.0. The van der Waals surface area contributed by atoms with E-state index in [1.165, 1.54) is 12.8 Å². The Balaban J connectivity index is -0.000000125. The summed E-state index contributed by atoms with van der Waals surface area (Å²) in [6.07, 6.45) is 8.30. The van der Waals surface area contributed by atoms with Gasteiger partial charge in [-0.25, -0.2) is 0 Å². The summed E-state index contributed by atoms with van der Waals surface area (Å²) in [7, 11) is 0. The first kappa shape index (κ1) is 15.8. The van der Waals surface area contributed by atoms with E-state index in [1.54, 1.807) is 0 Å². The fourth-order valence-electron chi connectivity index (χ4n) is 0.279. The van der Waals surface area contributed by atoms with Gasteiger partial charge in [0.2, 0.25) is 0 Å². The second-order valence-corrected chi connectivity index (χ2v) is 1.31. The molecule has 0 saturated heterocycles. The predicted molar refractivity (Wildman–Crippen MR) is 45.9 cm³/mol. The summed E-state index contributed by atoms with van der Waals surface area (Å²) in [5.41, 5.74) is 0. The quantitative estimate of drug-likeness (QED) is 0.474. The molecule has 0 aromatic carbocycles. The zero-order chi connectivity index (χ0) is 4.83. The Morgan fingerprint density at radius 2 is 2.00 bits per heavy atom. The third-order valence-electron chi connectivity index (χ3n) is 0.675. The fraction of sp³-hybridized carbons (Fsp3) is 0.667. The molecule has 8 heavy (non-hydrogen) atoms. The van der Waals surface area contributed by atoms with Crippen LogP contribution in [0.15, 0.2) is 0 Å². The Morgan fingerprint density at radius 1 is 1.50 bits per heavy atom. The van der Waals surface area contributed by atoms with Gasteiger partial charge in [-0.1, -0.05) is 13.3 Å². The lowest BCUT2D eigenvalue weighted by Gasteiger charge is -1.79. The minimum absolute atomic E-state index is 0. The van der Waals surface area contributed by atoms with Crippen molar-refractivity contribution in [2.45, 2.75) is 26.2 Å². The highest BCUT2D eigenvalue weighted by Crippen LogP contribution is 1.88. The largest absolute Gasteiger partial charge is 0.147 e. The summed E-state index contributed by atoms with van der Waals surface area (Å²) in [5, 5.41) is 0. The minimum atomic E-state index is 0. The fourth-order valence-corrected chi connectivity index (χ4v) is 0.279. The van der Waals surface area contributed by atoms with Crippen molar-refractivity contribution in [1.82, 2.24) is 0 Å². The molecule has 0 unspecified atom stereocenters. The summed E-state index contributed by atoms with van der Waals surface area (Å²) in [6, 6.07) is 0. The van der Waals surface area contributed by atoms with Crippen molar-refractivity contribution >= 4 is 29.4 Å². The molecule has 0 aromatic heterocycles. The van der Waals surface area contributed by atoms with Gasteiger partial charge in [0.15, 0.2) is 0 Å². The summed E-state index contributed by atoms with van der Waals surface area (Å²) < 4.78 is 0. The van der Waals surface area contributed by atoms with Crippen molar-refractivity contribution in [2.24, 2.45) is 0 Å². The predicted octanol–water partition coefficient (Wildman–Crippen LogP) is 2.81. The zero-order valence-corrected chi connectivity index (χ0v) is 7.54. The van der Waals surface area contributed by atoms with E-state index in [2.05, 4.69) is 12.8 Å². The van der Waals surface area contributed by atoms with Gasteiger partial charge >= 0.3 is 0 Å². The third kappa shape index (κ3) is 16.2. The Labute approximate surface area is 68.2 Å². The van der Waals surface area contributed by atoms with E-state index in [0.29, 0.717) is 0 Å². The van der Waals surface area contributed by atoms with E-state index in [1.807, 2.05) is 0 Å². The Hall–Kier alpha value is 0.330. The van der Waals surface area contributed by atoms with Gasteiger partial charge in [0.1, 0.15) is 0 Å². The molecule has 0 N–H and O–H groups in total. The molecule has 0 radical (unpaired) electrons. The SMILES string of the molecule is Br.C#CCCCC.Cl. The van der Waals surface area contributed by atoms with Gasteiger partial charge in [-0.05, 0) is 6.42 Å². The van der Waals surface area contributed by atoms with Gasteiger partial charge in [-0.2, -0.15) is 0 Å². The lowest BCUT2D eigenvalue weighted by molar-refractivity contribution is 0.828. The highest BCUT2D eigenvalue weighted by Gasteiger charge is 1.71. The van der Waals surface area contributed by atoms with Crippen LogP contribution in [0.25, 0.3) is 0 Å². The molecule has 0 rings (SSSR count). The maximum atomic E-state index is 4.96. The molecule has 0 bridgehead atoms. The topological polar surface area (TPSA) is 0 Å². The summed E-state index contributed by atoms with van der Waals surface area (Å²) in [4.78, 5) is 0. The lowest BCUT2D eigenvalue weighted by Crippen LogP contribution is -1.62. The van der Waals surface area contributed by atoms with Crippen molar-refractivity contribution in [2.75, 3.05) is 0 Å². The second-order valence-electron chi connectivity index (χ2n) is 1.31. The molecule has 0 spiro atoms.